The van der Waals surface area contributed by atoms with Crippen molar-refractivity contribution in [3.63, 3.8) is 0 Å². The van der Waals surface area contributed by atoms with Gasteiger partial charge < -0.3 is 0 Å². The summed E-state index contributed by atoms with van der Waals surface area (Å²) in [5.41, 5.74) is 6.37. The highest BCUT2D eigenvalue weighted by Crippen LogP contribution is 2.39. The standard InChI is InChI=1S/C27H17ClN2/c28-20-15-16-24-23(17-20)21-13-7-8-14-22(21)27-29-25(18-9-3-1-4-10-18)26(30(24)27)19-11-5-2-6-12-19/h1-17H. The first-order chi connectivity index (χ1) is 14.8. The molecule has 0 spiro atoms. The lowest BCUT2D eigenvalue weighted by atomic mass is 10.0. The molecule has 0 saturated heterocycles. The maximum atomic E-state index is 6.40. The summed E-state index contributed by atoms with van der Waals surface area (Å²) in [7, 11) is 0. The molecule has 0 atom stereocenters. The molecular formula is C27H17ClN2. The van der Waals surface area contributed by atoms with E-state index in [1.165, 1.54) is 0 Å². The third-order valence-electron chi connectivity index (χ3n) is 5.63. The van der Waals surface area contributed by atoms with Gasteiger partial charge in [0.15, 0.2) is 0 Å². The van der Waals surface area contributed by atoms with Crippen LogP contribution >= 0.6 is 11.6 Å². The van der Waals surface area contributed by atoms with Crippen molar-refractivity contribution in [2.45, 2.75) is 0 Å². The smallest absolute Gasteiger partial charge is 0.146 e. The molecule has 0 bridgehead atoms. The van der Waals surface area contributed by atoms with Gasteiger partial charge in [0.1, 0.15) is 5.65 Å². The fourth-order valence-electron chi connectivity index (χ4n) is 4.33. The Morgan fingerprint density at radius 3 is 1.97 bits per heavy atom. The van der Waals surface area contributed by atoms with Crippen LogP contribution in [-0.2, 0) is 0 Å². The van der Waals surface area contributed by atoms with Crippen LogP contribution in [-0.4, -0.2) is 9.38 Å². The third-order valence-corrected chi connectivity index (χ3v) is 5.86. The number of hydrogen-bond donors (Lipinski definition) is 0. The summed E-state index contributed by atoms with van der Waals surface area (Å²) in [6, 6.07) is 35.4. The highest BCUT2D eigenvalue weighted by molar-refractivity contribution is 6.32. The first-order valence-corrected chi connectivity index (χ1v) is 10.3. The van der Waals surface area contributed by atoms with E-state index in [0.717, 1.165) is 54.9 Å². The minimum Gasteiger partial charge on any atom is -0.291 e. The molecule has 2 heterocycles. The minimum absolute atomic E-state index is 0.733. The normalized spacial score (nSPS) is 11.5. The molecule has 6 rings (SSSR count). The van der Waals surface area contributed by atoms with E-state index in [1.54, 1.807) is 0 Å². The van der Waals surface area contributed by atoms with Crippen LogP contribution in [0.3, 0.4) is 0 Å². The van der Waals surface area contributed by atoms with Crippen LogP contribution in [0.15, 0.2) is 103 Å². The predicted octanol–water partition coefficient (Wildman–Crippen LogP) is 7.63. The monoisotopic (exact) mass is 404 g/mol. The zero-order valence-corrected chi connectivity index (χ0v) is 16.8. The first-order valence-electron chi connectivity index (χ1n) is 9.94. The Balaban J connectivity index is 1.90. The highest BCUT2D eigenvalue weighted by Gasteiger charge is 2.20. The summed E-state index contributed by atoms with van der Waals surface area (Å²) in [4.78, 5) is 5.19. The van der Waals surface area contributed by atoms with Crippen molar-refractivity contribution >= 4 is 38.9 Å². The van der Waals surface area contributed by atoms with Gasteiger partial charge in [-0.3, -0.25) is 4.40 Å². The lowest BCUT2D eigenvalue weighted by Crippen LogP contribution is -1.94. The van der Waals surface area contributed by atoms with Crippen molar-refractivity contribution in [3.8, 4) is 22.5 Å². The molecule has 0 unspecified atom stereocenters. The average molecular weight is 405 g/mol. The number of rotatable bonds is 2. The van der Waals surface area contributed by atoms with Crippen LogP contribution in [0.25, 0.3) is 49.8 Å². The maximum absolute atomic E-state index is 6.40. The molecule has 0 aliphatic heterocycles. The highest BCUT2D eigenvalue weighted by atomic mass is 35.5. The lowest BCUT2D eigenvalue weighted by molar-refractivity contribution is 1.27. The molecule has 2 aromatic heterocycles. The van der Waals surface area contributed by atoms with Crippen LogP contribution in [0.4, 0.5) is 0 Å². The van der Waals surface area contributed by atoms with E-state index >= 15 is 0 Å². The van der Waals surface area contributed by atoms with Gasteiger partial charge in [-0.25, -0.2) is 4.98 Å². The first kappa shape index (κ1) is 17.3. The Bertz CT molecular complexity index is 1530. The Labute approximate surface area is 179 Å². The van der Waals surface area contributed by atoms with Crippen LogP contribution in [0.5, 0.6) is 0 Å². The van der Waals surface area contributed by atoms with Crippen molar-refractivity contribution in [3.05, 3.63) is 108 Å². The number of aromatic nitrogens is 2. The molecule has 142 valence electrons. The van der Waals surface area contributed by atoms with E-state index in [9.17, 15) is 0 Å². The van der Waals surface area contributed by atoms with Gasteiger partial charge in [-0.2, -0.15) is 0 Å². The molecule has 0 fully saturated rings. The van der Waals surface area contributed by atoms with Crippen LogP contribution in [0.1, 0.15) is 0 Å². The summed E-state index contributed by atoms with van der Waals surface area (Å²) in [5.74, 6) is 0. The van der Waals surface area contributed by atoms with Gasteiger partial charge >= 0.3 is 0 Å². The van der Waals surface area contributed by atoms with E-state index in [1.807, 2.05) is 18.2 Å². The number of fused-ring (bicyclic) bond motifs is 6. The maximum Gasteiger partial charge on any atom is 0.146 e. The summed E-state index contributed by atoms with van der Waals surface area (Å²) >= 11 is 6.40. The molecule has 30 heavy (non-hydrogen) atoms. The molecule has 3 heteroatoms. The zero-order chi connectivity index (χ0) is 20.1. The molecule has 0 amide bonds. The zero-order valence-electron chi connectivity index (χ0n) is 16.1. The summed E-state index contributed by atoms with van der Waals surface area (Å²) in [6.07, 6.45) is 0. The average Bonchev–Trinajstić information content (AvgIpc) is 3.21. The second-order valence-electron chi connectivity index (χ2n) is 7.41. The van der Waals surface area contributed by atoms with Gasteiger partial charge in [0, 0.05) is 26.9 Å². The third kappa shape index (κ3) is 2.54. The minimum atomic E-state index is 0.733. The molecule has 0 saturated carbocycles. The molecule has 0 N–H and O–H groups in total. The quantitative estimate of drug-likeness (QED) is 0.271. The number of hydrogen-bond acceptors (Lipinski definition) is 1. The SMILES string of the molecule is Clc1ccc2c(c1)c1ccccc1c1nc(-c3ccccc3)c(-c3ccccc3)n21. The molecule has 0 aliphatic carbocycles. The molecule has 0 radical (unpaired) electrons. The van der Waals surface area contributed by atoms with Gasteiger partial charge in [0.25, 0.3) is 0 Å². The molecular weight excluding hydrogens is 388 g/mol. The van der Waals surface area contributed by atoms with E-state index in [4.69, 9.17) is 16.6 Å². The van der Waals surface area contributed by atoms with E-state index < -0.39 is 0 Å². The summed E-state index contributed by atoms with van der Waals surface area (Å²) in [6.45, 7) is 0. The molecule has 0 aliphatic rings. The Kier molecular flexibility index (Phi) is 3.87. The van der Waals surface area contributed by atoms with Crippen LogP contribution < -0.4 is 0 Å². The van der Waals surface area contributed by atoms with Crippen molar-refractivity contribution in [2.75, 3.05) is 0 Å². The van der Waals surface area contributed by atoms with E-state index in [0.29, 0.717) is 0 Å². The second-order valence-corrected chi connectivity index (χ2v) is 7.84. The summed E-state index contributed by atoms with van der Waals surface area (Å²) < 4.78 is 2.28. The number of imidazole rings is 1. The van der Waals surface area contributed by atoms with Crippen molar-refractivity contribution in [1.29, 1.82) is 0 Å². The second kappa shape index (κ2) is 6.72. The number of benzene rings is 4. The number of pyridine rings is 1. The van der Waals surface area contributed by atoms with Gasteiger partial charge in [0.2, 0.25) is 0 Å². The Morgan fingerprint density at radius 1 is 0.600 bits per heavy atom. The topological polar surface area (TPSA) is 17.3 Å². The van der Waals surface area contributed by atoms with E-state index in [2.05, 4.69) is 89.3 Å². The molecule has 6 aromatic rings. The van der Waals surface area contributed by atoms with Crippen molar-refractivity contribution in [2.24, 2.45) is 0 Å². The van der Waals surface area contributed by atoms with Gasteiger partial charge in [-0.1, -0.05) is 96.5 Å². The summed E-state index contributed by atoms with van der Waals surface area (Å²) in [5, 5.41) is 4.13. The van der Waals surface area contributed by atoms with Gasteiger partial charge in [-0.15, -0.1) is 0 Å². The largest absolute Gasteiger partial charge is 0.291 e. The Hall–Kier alpha value is -3.62. The van der Waals surface area contributed by atoms with Crippen LogP contribution in [0, 0.1) is 0 Å². The predicted molar refractivity (Wildman–Crippen MR) is 126 cm³/mol. The van der Waals surface area contributed by atoms with E-state index in [-0.39, 0.29) is 0 Å². The fraction of sp³-hybridized carbons (Fsp3) is 0. The molecule has 4 aromatic carbocycles. The van der Waals surface area contributed by atoms with Crippen LogP contribution in [0.2, 0.25) is 5.02 Å². The van der Waals surface area contributed by atoms with Gasteiger partial charge in [0.05, 0.1) is 16.9 Å². The number of nitrogens with zero attached hydrogens (tertiary/aromatic N) is 2. The molecule has 2 nitrogen and oxygen atoms in total. The number of halogens is 1. The Morgan fingerprint density at radius 2 is 1.23 bits per heavy atom. The van der Waals surface area contributed by atoms with Gasteiger partial charge in [-0.05, 0) is 23.6 Å². The fourth-order valence-corrected chi connectivity index (χ4v) is 4.50. The van der Waals surface area contributed by atoms with Crippen molar-refractivity contribution in [1.82, 2.24) is 9.38 Å². The van der Waals surface area contributed by atoms with Crippen molar-refractivity contribution < 1.29 is 0 Å². The lowest BCUT2D eigenvalue weighted by Gasteiger charge is -2.12.